The predicted octanol–water partition coefficient (Wildman–Crippen LogP) is -0.529. The van der Waals surface area contributed by atoms with Gasteiger partial charge in [-0.1, -0.05) is 5.16 Å². The minimum Gasteiger partial charge on any atom is -0.339 e. The number of hydrogen-bond donors (Lipinski definition) is 1. The average Bonchev–Trinajstić information content (AvgIpc) is 2.47. The fourth-order valence-electron chi connectivity index (χ4n) is 1.51. The molecular formula is C8H13N3O3S. The van der Waals surface area contributed by atoms with Gasteiger partial charge in [0.05, 0.1) is 17.4 Å². The Hall–Kier alpha value is -0.950. The lowest BCUT2D eigenvalue weighted by Gasteiger charge is -2.21. The van der Waals surface area contributed by atoms with Crippen LogP contribution >= 0.6 is 0 Å². The maximum Gasteiger partial charge on any atom is 0.228 e. The zero-order valence-electron chi connectivity index (χ0n) is 8.38. The molecule has 0 amide bonds. The van der Waals surface area contributed by atoms with E-state index in [1.165, 1.54) is 0 Å². The van der Waals surface area contributed by atoms with Crippen LogP contribution in [-0.4, -0.2) is 36.1 Å². The van der Waals surface area contributed by atoms with Crippen LogP contribution in [0.3, 0.4) is 0 Å². The van der Waals surface area contributed by atoms with E-state index in [0.29, 0.717) is 18.1 Å². The summed E-state index contributed by atoms with van der Waals surface area (Å²) in [7, 11) is -2.84. The summed E-state index contributed by atoms with van der Waals surface area (Å²) in [6.45, 7) is 1.84. The maximum absolute atomic E-state index is 10.9. The molecule has 2 N–H and O–H groups in total. The third-order valence-corrected chi connectivity index (χ3v) is 4.08. The molecule has 84 valence electrons. The van der Waals surface area contributed by atoms with E-state index in [-0.39, 0.29) is 23.5 Å². The SMILES string of the molecule is CC(N)Cc1nc(C2CS(=O)(=O)C2)no1. The van der Waals surface area contributed by atoms with Gasteiger partial charge in [0.25, 0.3) is 0 Å². The zero-order valence-corrected chi connectivity index (χ0v) is 9.20. The van der Waals surface area contributed by atoms with Gasteiger partial charge in [-0.05, 0) is 6.92 Å². The minimum atomic E-state index is -2.84. The van der Waals surface area contributed by atoms with Gasteiger partial charge in [-0.3, -0.25) is 0 Å². The van der Waals surface area contributed by atoms with Crippen LogP contribution in [0.5, 0.6) is 0 Å². The highest BCUT2D eigenvalue weighted by Crippen LogP contribution is 2.26. The molecule has 6 nitrogen and oxygen atoms in total. The molecule has 1 saturated heterocycles. The van der Waals surface area contributed by atoms with Crippen LogP contribution in [-0.2, 0) is 16.3 Å². The molecule has 1 aliphatic rings. The van der Waals surface area contributed by atoms with Gasteiger partial charge in [0.15, 0.2) is 15.7 Å². The van der Waals surface area contributed by atoms with Crippen LogP contribution in [0, 0.1) is 0 Å². The lowest BCUT2D eigenvalue weighted by Crippen LogP contribution is -2.34. The number of sulfone groups is 1. The number of hydrogen-bond acceptors (Lipinski definition) is 6. The number of aromatic nitrogens is 2. The molecule has 0 spiro atoms. The lowest BCUT2D eigenvalue weighted by molar-refractivity contribution is 0.364. The number of nitrogens with zero attached hydrogens (tertiary/aromatic N) is 2. The number of rotatable bonds is 3. The molecule has 2 rings (SSSR count). The predicted molar refractivity (Wildman–Crippen MR) is 53.0 cm³/mol. The summed E-state index contributed by atoms with van der Waals surface area (Å²) < 4.78 is 26.9. The van der Waals surface area contributed by atoms with Crippen molar-refractivity contribution in [3.05, 3.63) is 11.7 Å². The van der Waals surface area contributed by atoms with E-state index in [4.69, 9.17) is 10.3 Å². The smallest absolute Gasteiger partial charge is 0.228 e. The zero-order chi connectivity index (χ0) is 11.1. The van der Waals surface area contributed by atoms with Crippen molar-refractivity contribution in [2.24, 2.45) is 5.73 Å². The van der Waals surface area contributed by atoms with Gasteiger partial charge in [0, 0.05) is 12.5 Å². The summed E-state index contributed by atoms with van der Waals surface area (Å²) in [4.78, 5) is 4.12. The second-order valence-electron chi connectivity index (χ2n) is 4.00. The molecule has 1 unspecified atom stereocenters. The molecule has 1 aromatic heterocycles. The van der Waals surface area contributed by atoms with Crippen LogP contribution in [0.4, 0.5) is 0 Å². The molecule has 0 radical (unpaired) electrons. The Balaban J connectivity index is 2.02. The van der Waals surface area contributed by atoms with Gasteiger partial charge in [0.1, 0.15) is 0 Å². The fourth-order valence-corrected chi connectivity index (χ4v) is 2.93. The van der Waals surface area contributed by atoms with E-state index >= 15 is 0 Å². The molecule has 1 atom stereocenters. The third-order valence-electron chi connectivity index (χ3n) is 2.26. The van der Waals surface area contributed by atoms with Crippen molar-refractivity contribution >= 4 is 9.84 Å². The first kappa shape index (κ1) is 10.6. The van der Waals surface area contributed by atoms with E-state index in [0.717, 1.165) is 0 Å². The molecule has 7 heteroatoms. The quantitative estimate of drug-likeness (QED) is 0.750. The second kappa shape index (κ2) is 3.57. The maximum atomic E-state index is 10.9. The Bertz CT molecular complexity index is 439. The molecule has 0 aliphatic carbocycles. The summed E-state index contributed by atoms with van der Waals surface area (Å²) >= 11 is 0. The Labute approximate surface area is 87.8 Å². The summed E-state index contributed by atoms with van der Waals surface area (Å²) in [5, 5.41) is 3.75. The highest BCUT2D eigenvalue weighted by atomic mass is 32.2. The molecular weight excluding hydrogens is 218 g/mol. The van der Waals surface area contributed by atoms with Crippen molar-refractivity contribution in [3.8, 4) is 0 Å². The second-order valence-corrected chi connectivity index (χ2v) is 6.16. The summed E-state index contributed by atoms with van der Waals surface area (Å²) in [5.74, 6) is 1.12. The van der Waals surface area contributed by atoms with E-state index in [2.05, 4.69) is 10.1 Å². The first-order valence-corrected chi connectivity index (χ1v) is 6.57. The summed E-state index contributed by atoms with van der Waals surface area (Å²) in [5.41, 5.74) is 5.58. The average molecular weight is 231 g/mol. The van der Waals surface area contributed by atoms with Crippen LogP contribution in [0.15, 0.2) is 4.52 Å². The van der Waals surface area contributed by atoms with Crippen LogP contribution < -0.4 is 5.73 Å². The van der Waals surface area contributed by atoms with Crippen LogP contribution in [0.25, 0.3) is 0 Å². The van der Waals surface area contributed by atoms with Crippen molar-refractivity contribution < 1.29 is 12.9 Å². The van der Waals surface area contributed by atoms with E-state index in [1.54, 1.807) is 0 Å². The van der Waals surface area contributed by atoms with Crippen molar-refractivity contribution in [3.63, 3.8) is 0 Å². The van der Waals surface area contributed by atoms with Gasteiger partial charge in [-0.25, -0.2) is 8.42 Å². The van der Waals surface area contributed by atoms with Gasteiger partial charge in [-0.2, -0.15) is 4.98 Å². The monoisotopic (exact) mass is 231 g/mol. The molecule has 15 heavy (non-hydrogen) atoms. The molecule has 1 aromatic rings. The molecule has 0 bridgehead atoms. The first-order valence-electron chi connectivity index (χ1n) is 4.75. The highest BCUT2D eigenvalue weighted by Gasteiger charge is 2.37. The van der Waals surface area contributed by atoms with Crippen LogP contribution in [0.1, 0.15) is 24.6 Å². The lowest BCUT2D eigenvalue weighted by atomic mass is 10.2. The Kier molecular flexibility index (Phi) is 2.51. The van der Waals surface area contributed by atoms with Crippen molar-refractivity contribution in [2.75, 3.05) is 11.5 Å². The standard InChI is InChI=1S/C8H13N3O3S/c1-5(9)2-7-10-8(11-14-7)6-3-15(12,13)4-6/h5-6H,2-4,9H2,1H3. The van der Waals surface area contributed by atoms with E-state index in [9.17, 15) is 8.42 Å². The molecule has 2 heterocycles. The van der Waals surface area contributed by atoms with Crippen LogP contribution in [0.2, 0.25) is 0 Å². The van der Waals surface area contributed by atoms with E-state index < -0.39 is 9.84 Å². The van der Waals surface area contributed by atoms with Gasteiger partial charge in [0.2, 0.25) is 5.89 Å². The number of nitrogens with two attached hydrogens (primary N) is 1. The van der Waals surface area contributed by atoms with Crippen molar-refractivity contribution in [1.29, 1.82) is 0 Å². The Morgan fingerprint density at radius 2 is 2.27 bits per heavy atom. The largest absolute Gasteiger partial charge is 0.339 e. The molecule has 0 aromatic carbocycles. The van der Waals surface area contributed by atoms with Crippen molar-refractivity contribution in [1.82, 2.24) is 10.1 Å². The van der Waals surface area contributed by atoms with Gasteiger partial charge in [-0.15, -0.1) is 0 Å². The topological polar surface area (TPSA) is 99.1 Å². The first-order chi connectivity index (χ1) is 6.96. The molecule has 1 aliphatic heterocycles. The highest BCUT2D eigenvalue weighted by molar-refractivity contribution is 7.92. The normalized spacial score (nSPS) is 22.3. The molecule has 1 fully saturated rings. The Morgan fingerprint density at radius 1 is 1.60 bits per heavy atom. The van der Waals surface area contributed by atoms with Crippen molar-refractivity contribution in [2.45, 2.75) is 25.3 Å². The molecule has 0 saturated carbocycles. The van der Waals surface area contributed by atoms with E-state index in [1.807, 2.05) is 6.92 Å². The summed E-state index contributed by atoms with van der Waals surface area (Å²) in [6.07, 6.45) is 0.520. The Morgan fingerprint density at radius 3 is 2.80 bits per heavy atom. The van der Waals surface area contributed by atoms with Gasteiger partial charge < -0.3 is 10.3 Å². The fraction of sp³-hybridized carbons (Fsp3) is 0.750. The van der Waals surface area contributed by atoms with Gasteiger partial charge >= 0.3 is 0 Å². The minimum absolute atomic E-state index is 0.0385. The summed E-state index contributed by atoms with van der Waals surface area (Å²) in [6, 6.07) is -0.0385. The third kappa shape index (κ3) is 2.35.